The first-order valence-corrected chi connectivity index (χ1v) is 7.56. The molecule has 0 spiro atoms. The molecule has 0 unspecified atom stereocenters. The summed E-state index contributed by atoms with van der Waals surface area (Å²) in [5.74, 6) is -1.42. The van der Waals surface area contributed by atoms with E-state index in [0.717, 1.165) is 6.42 Å². The molecule has 1 aliphatic rings. The molecular weight excluding hydrogens is 314 g/mol. The van der Waals surface area contributed by atoms with E-state index in [1.54, 1.807) is 23.1 Å². The summed E-state index contributed by atoms with van der Waals surface area (Å²) < 4.78 is 5.05. The van der Waals surface area contributed by atoms with Crippen LogP contribution in [0.4, 0.5) is 10.5 Å². The minimum Gasteiger partial charge on any atom is -0.449 e. The van der Waals surface area contributed by atoms with E-state index in [1.165, 1.54) is 20.0 Å². The second-order valence-corrected chi connectivity index (χ2v) is 5.32. The van der Waals surface area contributed by atoms with Gasteiger partial charge in [0.25, 0.3) is 5.91 Å². The summed E-state index contributed by atoms with van der Waals surface area (Å²) >= 11 is 0. The Hall–Kier alpha value is -2.90. The van der Waals surface area contributed by atoms with Gasteiger partial charge in [0.2, 0.25) is 5.91 Å². The number of nitrogens with one attached hydrogen (secondary N) is 2. The van der Waals surface area contributed by atoms with Crippen LogP contribution in [0.15, 0.2) is 24.3 Å². The Bertz CT molecular complexity index is 673. The summed E-state index contributed by atoms with van der Waals surface area (Å²) in [6, 6.07) is 5.79. The molecule has 0 bridgehead atoms. The molecule has 0 radical (unpaired) electrons. The summed E-state index contributed by atoms with van der Waals surface area (Å²) in [5.41, 5.74) is 0.848. The molecule has 1 aliphatic heterocycles. The molecule has 2 rings (SSSR count). The molecule has 2 N–H and O–H groups in total. The molecule has 1 atom stereocenters. The van der Waals surface area contributed by atoms with Crippen molar-refractivity contribution in [1.82, 2.24) is 10.6 Å². The number of ether oxygens (including phenoxy) is 1. The van der Waals surface area contributed by atoms with E-state index < -0.39 is 24.0 Å². The third-order valence-corrected chi connectivity index (χ3v) is 3.58. The van der Waals surface area contributed by atoms with Gasteiger partial charge in [0.05, 0.1) is 5.56 Å². The van der Waals surface area contributed by atoms with Crippen molar-refractivity contribution in [1.29, 1.82) is 0 Å². The summed E-state index contributed by atoms with van der Waals surface area (Å²) in [6.07, 6.45) is 0.141. The highest BCUT2D eigenvalue weighted by molar-refractivity contribution is 5.99. The first-order chi connectivity index (χ1) is 11.4. The van der Waals surface area contributed by atoms with Crippen LogP contribution in [0, 0.1) is 0 Å². The van der Waals surface area contributed by atoms with Gasteiger partial charge in [0.1, 0.15) is 0 Å². The highest BCUT2D eigenvalue weighted by atomic mass is 16.5. The standard InChI is InChI=1S/C16H19N3O5/c1-10(14(21)18-16(23)17-2)24-15(22)11-5-3-6-12(9-11)19-8-4-7-13(19)20/h3,5-6,9-10H,4,7-8H2,1-2H3,(H2,17,18,21,23)/t10-/m0/s1. The fraction of sp³-hybridized carbons (Fsp3) is 0.375. The summed E-state index contributed by atoms with van der Waals surface area (Å²) in [5, 5.41) is 4.26. The maximum Gasteiger partial charge on any atom is 0.338 e. The quantitative estimate of drug-likeness (QED) is 0.794. The van der Waals surface area contributed by atoms with Crippen LogP contribution in [0.25, 0.3) is 0 Å². The van der Waals surface area contributed by atoms with Crippen molar-refractivity contribution in [2.24, 2.45) is 0 Å². The second-order valence-electron chi connectivity index (χ2n) is 5.32. The van der Waals surface area contributed by atoms with Crippen LogP contribution in [0.2, 0.25) is 0 Å². The zero-order valence-electron chi connectivity index (χ0n) is 13.5. The number of hydrogen-bond acceptors (Lipinski definition) is 5. The Morgan fingerprint density at radius 1 is 1.29 bits per heavy atom. The van der Waals surface area contributed by atoms with E-state index >= 15 is 0 Å². The molecule has 8 nitrogen and oxygen atoms in total. The third kappa shape index (κ3) is 4.09. The van der Waals surface area contributed by atoms with Gasteiger partial charge >= 0.3 is 12.0 Å². The maximum absolute atomic E-state index is 12.2. The van der Waals surface area contributed by atoms with Gasteiger partial charge in [-0.1, -0.05) is 6.07 Å². The Morgan fingerprint density at radius 3 is 2.67 bits per heavy atom. The minimum atomic E-state index is -1.13. The van der Waals surface area contributed by atoms with E-state index in [1.807, 2.05) is 5.32 Å². The SMILES string of the molecule is CNC(=O)NC(=O)[C@H](C)OC(=O)c1cccc(N2CCCC2=O)c1. The van der Waals surface area contributed by atoms with Gasteiger partial charge in [-0.05, 0) is 31.5 Å². The first-order valence-electron chi connectivity index (χ1n) is 7.56. The lowest BCUT2D eigenvalue weighted by atomic mass is 10.2. The van der Waals surface area contributed by atoms with Crippen molar-refractivity contribution in [3.05, 3.63) is 29.8 Å². The molecule has 0 aliphatic carbocycles. The first kappa shape index (κ1) is 17.5. The van der Waals surface area contributed by atoms with Gasteiger partial charge in [0.15, 0.2) is 6.10 Å². The Labute approximate surface area is 139 Å². The van der Waals surface area contributed by atoms with Crippen molar-refractivity contribution in [2.75, 3.05) is 18.5 Å². The van der Waals surface area contributed by atoms with Crippen LogP contribution in [0.5, 0.6) is 0 Å². The second kappa shape index (κ2) is 7.58. The molecule has 8 heteroatoms. The number of imide groups is 1. The average Bonchev–Trinajstić information content (AvgIpc) is 3.00. The molecule has 4 amide bonds. The fourth-order valence-electron chi connectivity index (χ4n) is 2.28. The molecule has 1 saturated heterocycles. The van der Waals surface area contributed by atoms with Gasteiger partial charge in [-0.3, -0.25) is 14.9 Å². The largest absolute Gasteiger partial charge is 0.449 e. The fourth-order valence-corrected chi connectivity index (χ4v) is 2.28. The molecule has 1 aromatic rings. The molecule has 0 saturated carbocycles. The number of hydrogen-bond donors (Lipinski definition) is 2. The predicted octanol–water partition coefficient (Wildman–Crippen LogP) is 0.814. The number of esters is 1. The van der Waals surface area contributed by atoms with Gasteiger partial charge in [0, 0.05) is 25.7 Å². The van der Waals surface area contributed by atoms with Crippen LogP contribution in [0.3, 0.4) is 0 Å². The van der Waals surface area contributed by atoms with Crippen molar-refractivity contribution in [3.63, 3.8) is 0 Å². The zero-order chi connectivity index (χ0) is 17.7. The number of anilines is 1. The third-order valence-electron chi connectivity index (χ3n) is 3.58. The smallest absolute Gasteiger partial charge is 0.338 e. The Kier molecular flexibility index (Phi) is 5.51. The number of rotatable bonds is 4. The monoisotopic (exact) mass is 333 g/mol. The predicted molar refractivity (Wildman–Crippen MR) is 85.5 cm³/mol. The lowest BCUT2D eigenvalue weighted by molar-refractivity contribution is -0.127. The van der Waals surface area contributed by atoms with Crippen molar-refractivity contribution in [2.45, 2.75) is 25.9 Å². The number of benzene rings is 1. The van der Waals surface area contributed by atoms with Crippen LogP contribution in [-0.4, -0.2) is 43.5 Å². The van der Waals surface area contributed by atoms with Crippen molar-refractivity contribution >= 4 is 29.5 Å². The summed E-state index contributed by atoms with van der Waals surface area (Å²) in [4.78, 5) is 48.3. The molecule has 1 heterocycles. The van der Waals surface area contributed by atoms with Gasteiger partial charge < -0.3 is 15.0 Å². The Balaban J connectivity index is 2.03. The minimum absolute atomic E-state index is 0.0128. The molecule has 128 valence electrons. The van der Waals surface area contributed by atoms with Gasteiger partial charge in [-0.2, -0.15) is 0 Å². The number of carbonyl (C=O) groups is 4. The Morgan fingerprint density at radius 2 is 2.04 bits per heavy atom. The average molecular weight is 333 g/mol. The number of amides is 4. The van der Waals surface area contributed by atoms with E-state index in [2.05, 4.69) is 5.32 Å². The van der Waals surface area contributed by atoms with Crippen molar-refractivity contribution in [3.8, 4) is 0 Å². The highest BCUT2D eigenvalue weighted by Gasteiger charge is 2.24. The van der Waals surface area contributed by atoms with Crippen LogP contribution < -0.4 is 15.5 Å². The van der Waals surface area contributed by atoms with Crippen LogP contribution >= 0.6 is 0 Å². The summed E-state index contributed by atoms with van der Waals surface area (Å²) in [6.45, 7) is 1.98. The molecule has 24 heavy (non-hydrogen) atoms. The highest BCUT2D eigenvalue weighted by Crippen LogP contribution is 2.22. The maximum atomic E-state index is 12.2. The van der Waals surface area contributed by atoms with E-state index in [9.17, 15) is 19.2 Å². The molecule has 0 aromatic heterocycles. The number of nitrogens with zero attached hydrogens (tertiary/aromatic N) is 1. The molecule has 1 aromatic carbocycles. The molecular formula is C16H19N3O5. The number of carbonyl (C=O) groups excluding carboxylic acids is 4. The lowest BCUT2D eigenvalue weighted by Crippen LogP contribution is -2.43. The number of urea groups is 1. The molecule has 1 fully saturated rings. The van der Waals surface area contributed by atoms with Crippen LogP contribution in [-0.2, 0) is 14.3 Å². The lowest BCUT2D eigenvalue weighted by Gasteiger charge is -2.17. The van der Waals surface area contributed by atoms with Gasteiger partial charge in [-0.25, -0.2) is 9.59 Å². The normalized spacial score (nSPS) is 14.9. The van der Waals surface area contributed by atoms with Gasteiger partial charge in [-0.15, -0.1) is 0 Å². The van der Waals surface area contributed by atoms with Crippen LogP contribution in [0.1, 0.15) is 30.1 Å². The van der Waals surface area contributed by atoms with E-state index in [4.69, 9.17) is 4.74 Å². The summed E-state index contributed by atoms with van der Waals surface area (Å²) in [7, 11) is 1.37. The zero-order valence-corrected chi connectivity index (χ0v) is 13.5. The van der Waals surface area contributed by atoms with Crippen molar-refractivity contribution < 1.29 is 23.9 Å². The van der Waals surface area contributed by atoms with E-state index in [-0.39, 0.29) is 11.5 Å². The topological polar surface area (TPSA) is 105 Å². The van der Waals surface area contributed by atoms with E-state index in [0.29, 0.717) is 18.7 Å².